The molecule has 0 spiro atoms. The molecule has 0 saturated carbocycles. The zero-order valence-electron chi connectivity index (χ0n) is 27.6. The first-order chi connectivity index (χ1) is 23.1. The van der Waals surface area contributed by atoms with E-state index in [2.05, 4.69) is 22.3 Å². The minimum absolute atomic E-state index is 0.0733. The van der Waals surface area contributed by atoms with Gasteiger partial charge < -0.3 is 30.4 Å². The highest BCUT2D eigenvalue weighted by Gasteiger charge is 2.21. The number of piperidine rings is 1. The lowest BCUT2D eigenvalue weighted by Crippen LogP contribution is -2.36. The van der Waals surface area contributed by atoms with Crippen LogP contribution in [-0.4, -0.2) is 78.5 Å². The van der Waals surface area contributed by atoms with Gasteiger partial charge in [0.1, 0.15) is 5.75 Å². The van der Waals surface area contributed by atoms with Crippen LogP contribution in [0.25, 0.3) is 0 Å². The average Bonchev–Trinajstić information content (AvgIpc) is 3.03. The molecule has 1 aliphatic heterocycles. The monoisotopic (exact) mass is 694 g/mol. The second-order valence-electron chi connectivity index (χ2n) is 11.5. The van der Waals surface area contributed by atoms with E-state index in [4.69, 9.17) is 25.2 Å². The first-order valence-electron chi connectivity index (χ1n) is 15.4. The molecule has 3 aromatic carbocycles. The normalized spacial score (nSPS) is 12.9. The van der Waals surface area contributed by atoms with Gasteiger partial charge in [-0.1, -0.05) is 36.4 Å². The number of likely N-dealkylation sites (tertiary alicyclic amines) is 1. The molecule has 0 aromatic heterocycles. The van der Waals surface area contributed by atoms with Gasteiger partial charge in [0.15, 0.2) is 6.61 Å². The van der Waals surface area contributed by atoms with Gasteiger partial charge in [-0.2, -0.15) is 8.42 Å². The number of carboxylic acid groups (broad SMARTS) is 1. The molecule has 15 heteroatoms. The van der Waals surface area contributed by atoms with Gasteiger partial charge >= 0.3 is 16.3 Å². The predicted molar refractivity (Wildman–Crippen MR) is 187 cm³/mol. The van der Waals surface area contributed by atoms with Crippen LogP contribution in [0.2, 0.25) is 0 Å². The Morgan fingerprint density at radius 1 is 0.959 bits per heavy atom. The summed E-state index contributed by atoms with van der Waals surface area (Å²) in [6.45, 7) is 6.34. The second-order valence-corrected chi connectivity index (χ2v) is 12.7. The minimum atomic E-state index is -4.32. The molecule has 1 fully saturated rings. The lowest BCUT2D eigenvalue weighted by molar-refractivity contribution is -0.139. The van der Waals surface area contributed by atoms with Gasteiger partial charge in [-0.05, 0) is 85.7 Å². The van der Waals surface area contributed by atoms with E-state index in [9.17, 15) is 22.8 Å². The number of nitrogens with zero attached hydrogens (tertiary/aromatic N) is 2. The van der Waals surface area contributed by atoms with Crippen LogP contribution in [0.1, 0.15) is 56.2 Å². The van der Waals surface area contributed by atoms with Gasteiger partial charge in [-0.25, -0.2) is 9.52 Å². The number of hydrogen-bond donors (Lipinski definition) is 6. The zero-order chi connectivity index (χ0) is 36.1. The Morgan fingerprint density at radius 3 is 2.16 bits per heavy atom. The summed E-state index contributed by atoms with van der Waals surface area (Å²) in [4.78, 5) is 38.0. The SMILES string of the molecule is CC(=N)c1cccc(N(CC(=O)Nc2ccc(C3CCN(C(C)=N)CC3)cc2)Cc2cccc(OCC(=O)O)c2)c1.CC(=O)NS(=O)(=O)O. The summed E-state index contributed by atoms with van der Waals surface area (Å²) in [5.74, 6) is -0.531. The highest BCUT2D eigenvalue weighted by Crippen LogP contribution is 2.29. The van der Waals surface area contributed by atoms with Gasteiger partial charge in [0.25, 0.3) is 0 Å². The number of rotatable bonds is 12. The molecular weight excluding hydrogens is 652 g/mol. The van der Waals surface area contributed by atoms with Crippen LogP contribution in [-0.2, 0) is 31.2 Å². The molecule has 0 bridgehead atoms. The van der Waals surface area contributed by atoms with E-state index in [0.717, 1.165) is 55.4 Å². The number of nitrogens with one attached hydrogen (secondary N) is 4. The van der Waals surface area contributed by atoms with Crippen LogP contribution >= 0.6 is 0 Å². The van der Waals surface area contributed by atoms with Crippen LogP contribution in [0.5, 0.6) is 5.75 Å². The van der Waals surface area contributed by atoms with Crippen molar-refractivity contribution in [3.05, 3.63) is 89.5 Å². The van der Waals surface area contributed by atoms with Crippen molar-refractivity contribution in [2.24, 2.45) is 0 Å². The maximum Gasteiger partial charge on any atom is 0.359 e. The van der Waals surface area contributed by atoms with E-state index in [-0.39, 0.29) is 12.5 Å². The maximum absolute atomic E-state index is 13.2. The van der Waals surface area contributed by atoms with Crippen molar-refractivity contribution in [2.45, 2.75) is 46.1 Å². The van der Waals surface area contributed by atoms with Crippen LogP contribution in [0.4, 0.5) is 11.4 Å². The van der Waals surface area contributed by atoms with Crippen molar-refractivity contribution in [3.8, 4) is 5.75 Å². The lowest BCUT2D eigenvalue weighted by atomic mass is 9.89. The first-order valence-corrected chi connectivity index (χ1v) is 16.8. The standard InChI is InChI=1S/C32H37N5O4.C2H5NO4S/c1-22(33)27-6-4-7-29(18-27)37(19-24-5-3-8-30(17-24)41-21-32(39)40)20-31(38)35-28-11-9-25(10-12-28)26-13-15-36(16-14-26)23(2)34;1-2(4)3-8(5,6)7/h3-12,17-18,26,33-34H,13-16,19-21H2,1-2H3,(H,35,38)(H,39,40);1H3,(H,3,4)(H,5,6,7). The molecule has 1 heterocycles. The molecule has 2 amide bonds. The molecule has 1 saturated heterocycles. The molecule has 262 valence electrons. The number of anilines is 2. The summed E-state index contributed by atoms with van der Waals surface area (Å²) in [7, 11) is -4.32. The summed E-state index contributed by atoms with van der Waals surface area (Å²) in [5.41, 5.74) is 4.81. The molecule has 6 N–H and O–H groups in total. The topological polar surface area (TPSA) is 213 Å². The van der Waals surface area contributed by atoms with E-state index in [1.54, 1.807) is 25.1 Å². The van der Waals surface area contributed by atoms with Crippen molar-refractivity contribution in [1.29, 1.82) is 10.8 Å². The Labute approximate surface area is 286 Å². The lowest BCUT2D eigenvalue weighted by Gasteiger charge is -2.33. The zero-order valence-corrected chi connectivity index (χ0v) is 28.4. The van der Waals surface area contributed by atoms with Gasteiger partial charge in [0.05, 0.1) is 12.4 Å². The van der Waals surface area contributed by atoms with E-state index in [1.165, 1.54) is 10.3 Å². The molecule has 0 radical (unpaired) electrons. The molecule has 14 nitrogen and oxygen atoms in total. The number of benzene rings is 3. The van der Waals surface area contributed by atoms with Gasteiger partial charge in [0, 0.05) is 43.6 Å². The van der Waals surface area contributed by atoms with Crippen molar-refractivity contribution < 1.29 is 37.2 Å². The minimum Gasteiger partial charge on any atom is -0.482 e. The second kappa shape index (κ2) is 17.8. The maximum atomic E-state index is 13.2. The molecule has 0 atom stereocenters. The number of hydrogen-bond acceptors (Lipinski definition) is 9. The summed E-state index contributed by atoms with van der Waals surface area (Å²) in [5, 5.41) is 27.8. The van der Waals surface area contributed by atoms with Crippen LogP contribution in [0.15, 0.2) is 72.8 Å². The highest BCUT2D eigenvalue weighted by molar-refractivity contribution is 7.84. The first kappa shape index (κ1) is 38.2. The van der Waals surface area contributed by atoms with Crippen molar-refractivity contribution in [2.75, 3.05) is 36.5 Å². The van der Waals surface area contributed by atoms with Gasteiger partial charge in [-0.3, -0.25) is 19.6 Å². The number of aliphatic carboxylic acids is 1. The number of carbonyl (C=O) groups is 3. The quantitative estimate of drug-likeness (QED) is 0.0899. The summed E-state index contributed by atoms with van der Waals surface area (Å²) < 4.78 is 33.8. The number of ether oxygens (including phenoxy) is 1. The molecular formula is C34H42N6O8S. The Hall–Kier alpha value is -5.28. The fourth-order valence-electron chi connectivity index (χ4n) is 5.22. The largest absolute Gasteiger partial charge is 0.482 e. The van der Waals surface area contributed by atoms with E-state index in [1.807, 2.05) is 54.3 Å². The summed E-state index contributed by atoms with van der Waals surface area (Å²) in [6.07, 6.45) is 2.02. The Morgan fingerprint density at radius 2 is 1.61 bits per heavy atom. The van der Waals surface area contributed by atoms with E-state index >= 15 is 0 Å². The van der Waals surface area contributed by atoms with Crippen molar-refractivity contribution in [3.63, 3.8) is 0 Å². The number of carboxylic acids is 1. The molecule has 49 heavy (non-hydrogen) atoms. The Kier molecular flexibility index (Phi) is 13.8. The number of carbonyl (C=O) groups excluding carboxylic acids is 2. The Bertz CT molecular complexity index is 1760. The van der Waals surface area contributed by atoms with Gasteiger partial charge in [0.2, 0.25) is 11.8 Å². The van der Waals surface area contributed by atoms with Gasteiger partial charge in [-0.15, -0.1) is 0 Å². The third kappa shape index (κ3) is 13.4. The van der Waals surface area contributed by atoms with Crippen LogP contribution < -0.4 is 19.7 Å². The van der Waals surface area contributed by atoms with Crippen LogP contribution in [0, 0.1) is 10.8 Å². The van der Waals surface area contributed by atoms with E-state index < -0.39 is 28.8 Å². The summed E-state index contributed by atoms with van der Waals surface area (Å²) >= 11 is 0. The highest BCUT2D eigenvalue weighted by atomic mass is 32.2. The fourth-order valence-corrected chi connectivity index (χ4v) is 5.58. The van der Waals surface area contributed by atoms with Crippen LogP contribution in [0.3, 0.4) is 0 Å². The predicted octanol–water partition coefficient (Wildman–Crippen LogP) is 4.28. The Balaban J connectivity index is 0.000000723. The third-order valence-corrected chi connectivity index (χ3v) is 8.07. The van der Waals surface area contributed by atoms with Crippen molar-refractivity contribution in [1.82, 2.24) is 9.62 Å². The fraction of sp³-hybridized carbons (Fsp3) is 0.324. The molecule has 3 aromatic rings. The summed E-state index contributed by atoms with van der Waals surface area (Å²) in [6, 6.07) is 22.7. The van der Waals surface area contributed by atoms with E-state index in [0.29, 0.717) is 29.8 Å². The number of amidine groups is 1. The number of amides is 2. The molecule has 0 unspecified atom stereocenters. The molecule has 4 rings (SSSR count). The third-order valence-electron chi connectivity index (χ3n) is 7.52. The van der Waals surface area contributed by atoms with Crippen molar-refractivity contribution >= 4 is 51.0 Å². The molecule has 1 aliphatic rings. The smallest absolute Gasteiger partial charge is 0.359 e. The average molecular weight is 695 g/mol. The molecule has 0 aliphatic carbocycles.